The zero-order chi connectivity index (χ0) is 24.1. The van der Waals surface area contributed by atoms with E-state index in [1.54, 1.807) is 24.3 Å². The van der Waals surface area contributed by atoms with Crippen molar-refractivity contribution < 1.29 is 22.7 Å². The number of nitrogen functional groups attached to an aromatic ring is 1. The van der Waals surface area contributed by atoms with Gasteiger partial charge in [0.25, 0.3) is 11.5 Å². The topological polar surface area (TPSA) is 178 Å². The van der Waals surface area contributed by atoms with Crippen LogP contribution in [-0.4, -0.2) is 73.2 Å². The van der Waals surface area contributed by atoms with Crippen molar-refractivity contribution in [3.05, 3.63) is 51.8 Å². The van der Waals surface area contributed by atoms with Crippen molar-refractivity contribution in [2.75, 3.05) is 33.0 Å². The number of nitrogens with zero attached hydrogens (tertiary/aromatic N) is 3. The summed E-state index contributed by atoms with van der Waals surface area (Å²) in [6.45, 7) is -0.829. The number of sulfonamides is 1. The minimum absolute atomic E-state index is 0. The Morgan fingerprint density at radius 2 is 1.88 bits per heavy atom. The number of aryl methyl sites for hydroxylation is 1. The number of nitrogens with one attached hydrogen (secondary N) is 2. The van der Waals surface area contributed by atoms with Gasteiger partial charge in [0.05, 0.1) is 19.1 Å². The standard InChI is InChI=1S/C19H24N6O6S.ClH/c1-24-19(28)14(10-15(23-24)12-4-6-13(7-5-12)17(20)21)18(27)22-8-9-25(32(3,29)30)11-16(26)31-2;/h4-7,10H,8-9,11H2,1-3H3,(H3,20,21)(H,22,27);1H. The van der Waals surface area contributed by atoms with Gasteiger partial charge in [0, 0.05) is 31.3 Å². The van der Waals surface area contributed by atoms with Gasteiger partial charge in [0.15, 0.2) is 0 Å². The Balaban J connectivity index is 0.00000544. The minimum atomic E-state index is -3.72. The van der Waals surface area contributed by atoms with E-state index in [2.05, 4.69) is 15.2 Å². The molecule has 0 aliphatic carbocycles. The number of ether oxygens (including phenoxy) is 1. The molecule has 0 atom stereocenters. The smallest absolute Gasteiger partial charge is 0.321 e. The molecular weight excluding hydrogens is 476 g/mol. The van der Waals surface area contributed by atoms with Crippen molar-refractivity contribution in [1.29, 1.82) is 5.41 Å². The molecule has 0 aliphatic heterocycles. The van der Waals surface area contributed by atoms with Gasteiger partial charge in [-0.1, -0.05) is 24.3 Å². The molecule has 2 aromatic rings. The molecule has 0 unspecified atom stereocenters. The van der Waals surface area contributed by atoms with E-state index in [1.807, 2.05) is 0 Å². The second kappa shape index (κ2) is 11.5. The molecule has 0 saturated carbocycles. The Morgan fingerprint density at radius 1 is 1.27 bits per heavy atom. The third-order valence-corrected chi connectivity index (χ3v) is 5.70. The molecule has 14 heteroatoms. The number of aromatic nitrogens is 2. The highest BCUT2D eigenvalue weighted by Gasteiger charge is 2.21. The number of carbonyl (C=O) groups excluding carboxylic acids is 2. The van der Waals surface area contributed by atoms with Crippen LogP contribution in [0.25, 0.3) is 11.3 Å². The highest BCUT2D eigenvalue weighted by Crippen LogP contribution is 2.17. The first-order valence-corrected chi connectivity index (χ1v) is 11.1. The maximum Gasteiger partial charge on any atom is 0.321 e. The predicted molar refractivity (Wildman–Crippen MR) is 124 cm³/mol. The second-order valence-corrected chi connectivity index (χ2v) is 8.77. The summed E-state index contributed by atoms with van der Waals surface area (Å²) in [6.07, 6.45) is 0.931. The largest absolute Gasteiger partial charge is 0.468 e. The van der Waals surface area contributed by atoms with E-state index in [1.165, 1.54) is 13.1 Å². The first-order valence-electron chi connectivity index (χ1n) is 9.27. The number of hydrogen-bond acceptors (Lipinski definition) is 8. The molecule has 0 aliphatic rings. The van der Waals surface area contributed by atoms with Gasteiger partial charge in [-0.25, -0.2) is 13.1 Å². The lowest BCUT2D eigenvalue weighted by atomic mass is 10.1. The lowest BCUT2D eigenvalue weighted by molar-refractivity contribution is -0.140. The average Bonchev–Trinajstić information content (AvgIpc) is 2.73. The van der Waals surface area contributed by atoms with Crippen molar-refractivity contribution in [1.82, 2.24) is 19.4 Å². The Labute approximate surface area is 196 Å². The van der Waals surface area contributed by atoms with E-state index in [-0.39, 0.29) is 36.9 Å². The molecule has 4 N–H and O–H groups in total. The zero-order valence-electron chi connectivity index (χ0n) is 18.2. The number of esters is 1. The van der Waals surface area contributed by atoms with Crippen LogP contribution in [0.4, 0.5) is 0 Å². The Kier molecular flexibility index (Phi) is 9.70. The molecule has 0 saturated heterocycles. The van der Waals surface area contributed by atoms with Gasteiger partial charge in [-0.15, -0.1) is 12.4 Å². The maximum absolute atomic E-state index is 12.6. The molecule has 0 bridgehead atoms. The number of rotatable bonds is 9. The fourth-order valence-corrected chi connectivity index (χ4v) is 3.46. The fourth-order valence-electron chi connectivity index (χ4n) is 2.69. The van der Waals surface area contributed by atoms with Gasteiger partial charge in [0.1, 0.15) is 17.9 Å². The first kappa shape index (κ1) is 27.7. The molecule has 33 heavy (non-hydrogen) atoms. The summed E-state index contributed by atoms with van der Waals surface area (Å²) in [5, 5.41) is 14.1. The number of hydrogen-bond donors (Lipinski definition) is 3. The summed E-state index contributed by atoms with van der Waals surface area (Å²) in [7, 11) is -1.19. The van der Waals surface area contributed by atoms with Crippen LogP contribution >= 0.6 is 12.4 Å². The van der Waals surface area contributed by atoms with Gasteiger partial charge in [-0.2, -0.15) is 9.40 Å². The molecule has 12 nitrogen and oxygen atoms in total. The number of halogens is 1. The Bertz CT molecular complexity index is 1200. The van der Waals surface area contributed by atoms with Gasteiger partial charge in [-0.3, -0.25) is 19.8 Å². The van der Waals surface area contributed by atoms with Crippen molar-refractivity contribution in [3.63, 3.8) is 0 Å². The van der Waals surface area contributed by atoms with Crippen LogP contribution in [0, 0.1) is 5.41 Å². The van der Waals surface area contributed by atoms with E-state index in [4.69, 9.17) is 11.1 Å². The zero-order valence-corrected chi connectivity index (χ0v) is 19.8. The van der Waals surface area contributed by atoms with Gasteiger partial charge >= 0.3 is 5.97 Å². The van der Waals surface area contributed by atoms with Crippen LogP contribution in [0.1, 0.15) is 15.9 Å². The monoisotopic (exact) mass is 500 g/mol. The highest BCUT2D eigenvalue weighted by molar-refractivity contribution is 7.88. The lowest BCUT2D eigenvalue weighted by Gasteiger charge is -2.18. The summed E-state index contributed by atoms with van der Waals surface area (Å²) in [4.78, 5) is 36.4. The van der Waals surface area contributed by atoms with E-state index in [9.17, 15) is 22.8 Å². The molecule has 1 aromatic heterocycles. The quantitative estimate of drug-likeness (QED) is 0.230. The molecule has 2 rings (SSSR count). The number of methoxy groups -OCH3 is 1. The molecule has 1 amide bonds. The summed E-state index contributed by atoms with van der Waals surface area (Å²) >= 11 is 0. The van der Waals surface area contributed by atoms with Crippen molar-refractivity contribution in [2.45, 2.75) is 0 Å². The number of amidine groups is 1. The van der Waals surface area contributed by atoms with E-state index >= 15 is 0 Å². The fraction of sp³-hybridized carbons (Fsp3) is 0.316. The highest BCUT2D eigenvalue weighted by atomic mass is 35.5. The van der Waals surface area contributed by atoms with Crippen LogP contribution in [0.15, 0.2) is 35.1 Å². The number of carbonyl (C=O) groups is 2. The second-order valence-electron chi connectivity index (χ2n) is 6.79. The van der Waals surface area contributed by atoms with Crippen molar-refractivity contribution in [2.24, 2.45) is 12.8 Å². The summed E-state index contributed by atoms with van der Waals surface area (Å²) < 4.78 is 30.0. The predicted octanol–water partition coefficient (Wildman–Crippen LogP) is -0.682. The molecule has 0 fully saturated rings. The van der Waals surface area contributed by atoms with Crippen LogP contribution in [0.3, 0.4) is 0 Å². The first-order chi connectivity index (χ1) is 14.9. The maximum atomic E-state index is 12.6. The van der Waals surface area contributed by atoms with Crippen LogP contribution < -0.4 is 16.6 Å². The number of benzene rings is 1. The van der Waals surface area contributed by atoms with Crippen molar-refractivity contribution >= 4 is 40.1 Å². The summed E-state index contributed by atoms with van der Waals surface area (Å²) in [5.41, 5.74) is 6.07. The Hall–Kier alpha value is -3.29. The average molecular weight is 501 g/mol. The van der Waals surface area contributed by atoms with Crippen LogP contribution in [-0.2, 0) is 26.6 Å². The SMILES string of the molecule is COC(=O)CN(CCNC(=O)c1cc(-c2ccc(C(=N)N)cc2)nn(C)c1=O)S(C)(=O)=O.Cl. The third kappa shape index (κ3) is 7.37. The van der Waals surface area contributed by atoms with Gasteiger partial charge in [0.2, 0.25) is 10.0 Å². The summed E-state index contributed by atoms with van der Waals surface area (Å²) in [6, 6.07) is 7.86. The summed E-state index contributed by atoms with van der Waals surface area (Å²) in [5.74, 6) is -1.56. The lowest BCUT2D eigenvalue weighted by Crippen LogP contribution is -2.42. The van der Waals surface area contributed by atoms with Gasteiger partial charge < -0.3 is 15.8 Å². The van der Waals surface area contributed by atoms with Crippen LogP contribution in [0.2, 0.25) is 0 Å². The Morgan fingerprint density at radius 3 is 2.39 bits per heavy atom. The minimum Gasteiger partial charge on any atom is -0.468 e. The number of nitrogens with two attached hydrogens (primary N) is 1. The van der Waals surface area contributed by atoms with Crippen LogP contribution in [0.5, 0.6) is 0 Å². The third-order valence-electron chi connectivity index (χ3n) is 4.45. The molecule has 1 heterocycles. The molecule has 0 radical (unpaired) electrons. The normalized spacial score (nSPS) is 10.9. The van der Waals surface area contributed by atoms with Gasteiger partial charge in [-0.05, 0) is 6.07 Å². The molecule has 1 aromatic carbocycles. The van der Waals surface area contributed by atoms with E-state index < -0.39 is 34.0 Å². The van der Waals surface area contributed by atoms with E-state index in [0.717, 1.165) is 22.4 Å². The molecule has 180 valence electrons. The van der Waals surface area contributed by atoms with Crippen molar-refractivity contribution in [3.8, 4) is 11.3 Å². The number of amides is 1. The molecule has 0 spiro atoms. The van der Waals surface area contributed by atoms with E-state index in [0.29, 0.717) is 16.8 Å². The molecular formula is C19H25ClN6O6S.